The van der Waals surface area contributed by atoms with Crippen LogP contribution in [0.3, 0.4) is 0 Å². The van der Waals surface area contributed by atoms with E-state index in [0.717, 1.165) is 22.8 Å². The molecule has 0 aliphatic carbocycles. The van der Waals surface area contributed by atoms with E-state index < -0.39 is 0 Å². The molecule has 28 heavy (non-hydrogen) atoms. The third-order valence-corrected chi connectivity index (χ3v) is 5.42. The van der Waals surface area contributed by atoms with Gasteiger partial charge >= 0.3 is 0 Å². The van der Waals surface area contributed by atoms with Crippen molar-refractivity contribution in [2.24, 2.45) is 0 Å². The number of aliphatic hydroxyl groups is 1. The van der Waals surface area contributed by atoms with Crippen LogP contribution < -0.4 is 5.32 Å². The molecule has 0 bridgehead atoms. The minimum absolute atomic E-state index is 0.0390. The lowest BCUT2D eigenvalue weighted by molar-refractivity contribution is 0.244. The van der Waals surface area contributed by atoms with Gasteiger partial charge in [0.25, 0.3) is 0 Å². The van der Waals surface area contributed by atoms with E-state index in [2.05, 4.69) is 49.9 Å². The molecule has 0 unspecified atom stereocenters. The van der Waals surface area contributed by atoms with Gasteiger partial charge in [0, 0.05) is 36.9 Å². The molecule has 4 heterocycles. The number of nitrogens with zero attached hydrogens (tertiary/aromatic N) is 4. The summed E-state index contributed by atoms with van der Waals surface area (Å²) in [5.74, 6) is 0. The number of hydrogen-bond acceptors (Lipinski definition) is 4. The van der Waals surface area contributed by atoms with Crippen LogP contribution in [-0.4, -0.2) is 42.8 Å². The van der Waals surface area contributed by atoms with Gasteiger partial charge in [-0.15, -0.1) is 0 Å². The third-order valence-electron chi connectivity index (χ3n) is 5.07. The summed E-state index contributed by atoms with van der Waals surface area (Å²) in [6.45, 7) is 2.89. The average molecular weight is 394 g/mol. The average Bonchev–Trinajstić information content (AvgIpc) is 3.27. The number of hydrogen-bond donors (Lipinski definition) is 2. The summed E-state index contributed by atoms with van der Waals surface area (Å²) in [5, 5.41) is 13.5. The number of aliphatic hydroxyl groups excluding tert-OH is 1. The van der Waals surface area contributed by atoms with Gasteiger partial charge in [-0.1, -0.05) is 6.07 Å². The van der Waals surface area contributed by atoms with Gasteiger partial charge in [0.15, 0.2) is 5.11 Å². The minimum Gasteiger partial charge on any atom is -0.396 e. The first-order valence-corrected chi connectivity index (χ1v) is 9.79. The van der Waals surface area contributed by atoms with Crippen molar-refractivity contribution < 1.29 is 5.11 Å². The molecule has 0 aromatic carbocycles. The first-order chi connectivity index (χ1) is 13.7. The van der Waals surface area contributed by atoms with Gasteiger partial charge in [0.1, 0.15) is 0 Å². The normalized spacial score (nSPS) is 19.1. The fourth-order valence-electron chi connectivity index (χ4n) is 3.84. The molecule has 1 aliphatic heterocycles. The number of aromatic nitrogens is 3. The van der Waals surface area contributed by atoms with Gasteiger partial charge in [-0.25, -0.2) is 0 Å². The maximum atomic E-state index is 9.37. The van der Waals surface area contributed by atoms with Crippen LogP contribution in [0.25, 0.3) is 5.69 Å². The van der Waals surface area contributed by atoms with Crippen LogP contribution in [0, 0.1) is 6.92 Å². The molecular weight excluding hydrogens is 370 g/mol. The van der Waals surface area contributed by atoms with E-state index in [1.807, 2.05) is 30.5 Å². The van der Waals surface area contributed by atoms with Crippen molar-refractivity contribution in [3.8, 4) is 5.69 Å². The molecule has 4 rings (SSSR count). The molecule has 0 amide bonds. The minimum atomic E-state index is -0.0721. The lowest BCUT2D eigenvalue weighted by atomic mass is 10.0. The largest absolute Gasteiger partial charge is 0.396 e. The summed E-state index contributed by atoms with van der Waals surface area (Å²) in [5.41, 5.74) is 4.20. The second kappa shape index (κ2) is 8.08. The Morgan fingerprint density at radius 3 is 2.75 bits per heavy atom. The van der Waals surface area contributed by atoms with E-state index >= 15 is 0 Å². The zero-order valence-corrected chi connectivity index (χ0v) is 16.5. The molecule has 1 aliphatic rings. The van der Waals surface area contributed by atoms with Crippen LogP contribution in [0.15, 0.2) is 61.1 Å². The third kappa shape index (κ3) is 3.39. The molecule has 1 saturated heterocycles. The highest BCUT2D eigenvalue weighted by Crippen LogP contribution is 2.40. The highest BCUT2D eigenvalue weighted by atomic mass is 32.1. The molecule has 2 atom stereocenters. The van der Waals surface area contributed by atoms with Crippen molar-refractivity contribution in [3.63, 3.8) is 0 Å². The molecule has 2 N–H and O–H groups in total. The molecule has 3 aromatic rings. The lowest BCUT2D eigenvalue weighted by Crippen LogP contribution is -2.32. The van der Waals surface area contributed by atoms with Crippen LogP contribution in [0.4, 0.5) is 0 Å². The number of pyridine rings is 2. The topological polar surface area (TPSA) is 66.2 Å². The molecule has 6 nitrogen and oxygen atoms in total. The number of rotatable bonds is 6. The second-order valence-corrected chi connectivity index (χ2v) is 7.23. The molecular formula is C21H23N5OS. The Hall–Kier alpha value is -2.77. The van der Waals surface area contributed by atoms with E-state index in [4.69, 9.17) is 12.2 Å². The quantitative estimate of drug-likeness (QED) is 0.628. The van der Waals surface area contributed by atoms with E-state index in [1.54, 1.807) is 12.4 Å². The highest BCUT2D eigenvalue weighted by Gasteiger charge is 2.41. The Balaban J connectivity index is 1.82. The predicted octanol–water partition coefficient (Wildman–Crippen LogP) is 2.93. The Morgan fingerprint density at radius 2 is 2.04 bits per heavy atom. The van der Waals surface area contributed by atoms with Crippen molar-refractivity contribution >= 4 is 17.3 Å². The first-order valence-electron chi connectivity index (χ1n) is 9.38. The van der Waals surface area contributed by atoms with Gasteiger partial charge in [-0.3, -0.25) is 9.97 Å². The van der Waals surface area contributed by atoms with E-state index in [1.165, 1.54) is 0 Å². The highest BCUT2D eigenvalue weighted by molar-refractivity contribution is 7.80. The summed E-state index contributed by atoms with van der Waals surface area (Å²) in [4.78, 5) is 11.0. The predicted molar refractivity (Wildman–Crippen MR) is 112 cm³/mol. The van der Waals surface area contributed by atoms with Gasteiger partial charge in [0.2, 0.25) is 0 Å². The molecule has 0 saturated carbocycles. The fourth-order valence-corrected chi connectivity index (χ4v) is 4.17. The van der Waals surface area contributed by atoms with Crippen molar-refractivity contribution in [3.05, 3.63) is 78.1 Å². The number of aryl methyl sites for hydroxylation is 1. The molecule has 1 fully saturated rings. The van der Waals surface area contributed by atoms with Crippen LogP contribution in [-0.2, 0) is 0 Å². The number of thiocarbonyl (C=S) groups is 1. The lowest BCUT2D eigenvalue weighted by Gasteiger charge is -2.29. The van der Waals surface area contributed by atoms with Crippen LogP contribution in [0.1, 0.15) is 35.6 Å². The van der Waals surface area contributed by atoms with Crippen molar-refractivity contribution in [2.75, 3.05) is 13.2 Å². The van der Waals surface area contributed by atoms with E-state index in [9.17, 15) is 5.11 Å². The van der Waals surface area contributed by atoms with Gasteiger partial charge in [-0.2, -0.15) is 0 Å². The summed E-state index contributed by atoms with van der Waals surface area (Å²) < 4.78 is 2.22. The SMILES string of the molecule is Cc1ccc([C@H]2[C@H](c3ccccn3)NC(=S)N2CCCO)n1-c1cccnc1. The summed E-state index contributed by atoms with van der Waals surface area (Å²) in [6, 6.07) is 14.1. The summed E-state index contributed by atoms with van der Waals surface area (Å²) in [7, 11) is 0. The standard InChI is InChI=1S/C21H23N5OS/c1-15-8-9-18(26(15)16-6-4-10-22-14-16)20-19(17-7-2-3-11-23-17)24-21(28)25(20)12-5-13-27/h2-4,6-11,14,19-20,27H,5,12-13H2,1H3,(H,24,28)/t19-,20-/m0/s1. The van der Waals surface area contributed by atoms with Crippen LogP contribution in [0.5, 0.6) is 0 Å². The van der Waals surface area contributed by atoms with Crippen LogP contribution >= 0.6 is 12.2 Å². The molecule has 144 valence electrons. The maximum Gasteiger partial charge on any atom is 0.170 e. The number of nitrogens with one attached hydrogen (secondary N) is 1. The van der Waals surface area contributed by atoms with Crippen molar-refractivity contribution in [1.29, 1.82) is 0 Å². The maximum absolute atomic E-state index is 9.37. The van der Waals surface area contributed by atoms with Crippen molar-refractivity contribution in [2.45, 2.75) is 25.4 Å². The van der Waals surface area contributed by atoms with Gasteiger partial charge < -0.3 is 19.9 Å². The Morgan fingerprint density at radius 1 is 1.14 bits per heavy atom. The van der Waals surface area contributed by atoms with Crippen molar-refractivity contribution in [1.82, 2.24) is 24.8 Å². The van der Waals surface area contributed by atoms with Gasteiger partial charge in [-0.05, 0) is 62.0 Å². The first kappa shape index (κ1) is 18.6. The molecule has 3 aromatic heterocycles. The molecule has 0 radical (unpaired) electrons. The zero-order valence-electron chi connectivity index (χ0n) is 15.7. The second-order valence-electron chi connectivity index (χ2n) is 6.84. The molecule has 0 spiro atoms. The van der Waals surface area contributed by atoms with Gasteiger partial charge in [0.05, 0.1) is 29.7 Å². The zero-order chi connectivity index (χ0) is 19.5. The smallest absolute Gasteiger partial charge is 0.170 e. The molecule has 7 heteroatoms. The summed E-state index contributed by atoms with van der Waals surface area (Å²) in [6.07, 6.45) is 6.10. The summed E-state index contributed by atoms with van der Waals surface area (Å²) >= 11 is 5.66. The monoisotopic (exact) mass is 393 g/mol. The Kier molecular flexibility index (Phi) is 5.36. The Bertz CT molecular complexity index is 944. The van der Waals surface area contributed by atoms with Crippen LogP contribution in [0.2, 0.25) is 0 Å². The fraction of sp³-hybridized carbons (Fsp3) is 0.286. The Labute approximate surface area is 169 Å². The van der Waals surface area contributed by atoms with E-state index in [-0.39, 0.29) is 18.7 Å². The van der Waals surface area contributed by atoms with E-state index in [0.29, 0.717) is 18.1 Å².